The zero-order valence-corrected chi connectivity index (χ0v) is 22.3. The van der Waals surface area contributed by atoms with Crippen molar-refractivity contribution in [2.45, 2.75) is 24.8 Å². The number of hydrogen-bond donors (Lipinski definition) is 3. The summed E-state index contributed by atoms with van der Waals surface area (Å²) in [6.45, 7) is 4.31. The van der Waals surface area contributed by atoms with Crippen LogP contribution in [0, 0.1) is 5.82 Å². The molecule has 41 heavy (non-hydrogen) atoms. The fraction of sp³-hybridized carbons (Fsp3) is 0.258. The number of nitrogens with one attached hydrogen (secondary N) is 2. The van der Waals surface area contributed by atoms with E-state index in [2.05, 4.69) is 29.3 Å². The van der Waals surface area contributed by atoms with Crippen LogP contribution < -0.4 is 15.5 Å². The molecule has 0 spiro atoms. The predicted octanol–water partition coefficient (Wildman–Crippen LogP) is 5.77. The Balaban J connectivity index is 1.24. The van der Waals surface area contributed by atoms with Gasteiger partial charge in [-0.05, 0) is 47.2 Å². The molecule has 0 saturated carbocycles. The Morgan fingerprint density at radius 2 is 1.71 bits per heavy atom. The third-order valence-corrected chi connectivity index (χ3v) is 7.31. The largest absolute Gasteiger partial charge is 0.478 e. The van der Waals surface area contributed by atoms with Crippen molar-refractivity contribution in [1.82, 2.24) is 5.32 Å². The number of benzene rings is 3. The van der Waals surface area contributed by atoms with Gasteiger partial charge in [-0.3, -0.25) is 5.32 Å². The van der Waals surface area contributed by atoms with E-state index < -0.39 is 29.5 Å². The third kappa shape index (κ3) is 6.01. The lowest BCUT2D eigenvalue weighted by molar-refractivity contribution is 0.0697. The highest BCUT2D eigenvalue weighted by Crippen LogP contribution is 2.44. The Morgan fingerprint density at radius 1 is 1.02 bits per heavy atom. The van der Waals surface area contributed by atoms with Crippen LogP contribution >= 0.6 is 0 Å². The van der Waals surface area contributed by atoms with Gasteiger partial charge in [0.25, 0.3) is 0 Å². The molecule has 1 aliphatic heterocycles. The van der Waals surface area contributed by atoms with E-state index >= 15 is 4.39 Å². The lowest BCUT2D eigenvalue weighted by atomic mass is 9.98. The topological polar surface area (TPSA) is 117 Å². The van der Waals surface area contributed by atoms with Crippen molar-refractivity contribution >= 4 is 29.5 Å². The zero-order valence-electron chi connectivity index (χ0n) is 22.3. The van der Waals surface area contributed by atoms with Crippen LogP contribution in [0.15, 0.2) is 73.3 Å². The number of fused-ring (bicyclic) bond motifs is 3. The molecule has 0 bridgehead atoms. The molecule has 2 aliphatic rings. The van der Waals surface area contributed by atoms with Gasteiger partial charge in [0.05, 0.1) is 16.9 Å². The average molecular weight is 560 g/mol. The number of carboxylic acids is 1. The number of halogens is 1. The van der Waals surface area contributed by atoms with Crippen LogP contribution in [0.2, 0.25) is 0 Å². The summed E-state index contributed by atoms with van der Waals surface area (Å²) >= 11 is 0. The molecule has 5 rings (SSSR count). The summed E-state index contributed by atoms with van der Waals surface area (Å²) in [7, 11) is 0. The second-order valence-electron chi connectivity index (χ2n) is 9.92. The van der Waals surface area contributed by atoms with Crippen LogP contribution in [-0.4, -0.2) is 55.6 Å². The zero-order chi connectivity index (χ0) is 28.9. The Hall–Kier alpha value is -4.86. The molecule has 0 aromatic heterocycles. The summed E-state index contributed by atoms with van der Waals surface area (Å²) in [5.41, 5.74) is 4.10. The fourth-order valence-electron chi connectivity index (χ4n) is 5.49. The molecule has 1 aliphatic carbocycles. The molecule has 1 heterocycles. The van der Waals surface area contributed by atoms with Crippen molar-refractivity contribution in [3.8, 4) is 11.1 Å². The quantitative estimate of drug-likeness (QED) is 0.300. The van der Waals surface area contributed by atoms with Crippen molar-refractivity contribution in [3.63, 3.8) is 0 Å². The van der Waals surface area contributed by atoms with Gasteiger partial charge in [0.15, 0.2) is 0 Å². The maximum atomic E-state index is 15.1. The van der Waals surface area contributed by atoms with Gasteiger partial charge in [-0.1, -0.05) is 61.2 Å². The lowest BCUT2D eigenvalue weighted by Gasteiger charge is -2.35. The number of ether oxygens (including phenoxy) is 2. The summed E-state index contributed by atoms with van der Waals surface area (Å²) in [4.78, 5) is 38.2. The first-order valence-electron chi connectivity index (χ1n) is 13.3. The molecule has 1 saturated heterocycles. The first-order chi connectivity index (χ1) is 19.9. The van der Waals surface area contributed by atoms with Crippen LogP contribution in [-0.2, 0) is 9.47 Å². The van der Waals surface area contributed by atoms with E-state index in [1.165, 1.54) is 12.1 Å². The maximum absolute atomic E-state index is 15.1. The Bertz CT molecular complexity index is 1450. The minimum atomic E-state index is -1.40. The van der Waals surface area contributed by atoms with E-state index in [1.54, 1.807) is 4.90 Å². The van der Waals surface area contributed by atoms with Gasteiger partial charge in [0.2, 0.25) is 0 Å². The van der Waals surface area contributed by atoms with Crippen molar-refractivity contribution in [1.29, 1.82) is 0 Å². The number of carbonyl (C=O) groups is 3. The number of alkyl carbamates (subject to hydrolysis) is 1. The first-order valence-corrected chi connectivity index (χ1v) is 13.3. The Labute approximate surface area is 236 Å². The Kier molecular flexibility index (Phi) is 8.19. The standard InChI is InChI=1S/C31H30FN3O6/c1-2-14-40-31(39)34-27-16-28(26(32)15-24(27)29(36)37)35-13-7-8-19(17-35)33-30(38)41-18-25-22-11-5-3-9-20(22)21-10-4-6-12-23(21)25/h2-6,9-12,15-16,19,25H,1,7-8,13-14,17-18H2,(H,33,38)(H,34,39)(H,36,37)/t19-/m0/s1. The number of nitrogens with zero attached hydrogens (tertiary/aromatic N) is 1. The summed E-state index contributed by atoms with van der Waals surface area (Å²) in [6, 6.07) is 18.0. The van der Waals surface area contributed by atoms with Gasteiger partial charge < -0.3 is 24.8 Å². The number of aromatic carboxylic acids is 1. The minimum absolute atomic E-state index is 0.0676. The number of carbonyl (C=O) groups excluding carboxylic acids is 2. The summed E-state index contributed by atoms with van der Waals surface area (Å²) < 4.78 is 25.6. The molecule has 3 aromatic carbocycles. The molecule has 212 valence electrons. The monoisotopic (exact) mass is 559 g/mol. The van der Waals surface area contributed by atoms with Crippen molar-refractivity contribution < 1.29 is 33.4 Å². The van der Waals surface area contributed by atoms with E-state index in [4.69, 9.17) is 9.47 Å². The number of rotatable bonds is 8. The van der Waals surface area contributed by atoms with Gasteiger partial charge in [0.1, 0.15) is 19.0 Å². The van der Waals surface area contributed by atoms with E-state index in [1.807, 2.05) is 36.4 Å². The molecule has 3 N–H and O–H groups in total. The molecule has 1 fully saturated rings. The molecule has 1 atom stereocenters. The van der Waals surface area contributed by atoms with Crippen molar-refractivity contribution in [3.05, 3.63) is 95.8 Å². The maximum Gasteiger partial charge on any atom is 0.411 e. The molecule has 9 nitrogen and oxygen atoms in total. The number of anilines is 2. The third-order valence-electron chi connectivity index (χ3n) is 7.31. The first kappa shape index (κ1) is 27.7. The van der Waals surface area contributed by atoms with Crippen LogP contribution in [0.25, 0.3) is 11.1 Å². The number of carboxylic acid groups (broad SMARTS) is 1. The predicted molar refractivity (Wildman–Crippen MR) is 152 cm³/mol. The normalized spacial score (nSPS) is 15.8. The second kappa shape index (κ2) is 12.1. The second-order valence-corrected chi connectivity index (χ2v) is 9.92. The number of amides is 2. The average Bonchev–Trinajstić information content (AvgIpc) is 3.29. The van der Waals surface area contributed by atoms with Crippen molar-refractivity contribution in [2.75, 3.05) is 36.5 Å². The Morgan fingerprint density at radius 3 is 2.37 bits per heavy atom. The van der Waals surface area contributed by atoms with E-state index in [0.717, 1.165) is 28.3 Å². The summed E-state index contributed by atoms with van der Waals surface area (Å²) in [6.07, 6.45) is 1.23. The molecule has 0 radical (unpaired) electrons. The molecule has 3 aromatic rings. The van der Waals surface area contributed by atoms with E-state index in [-0.39, 0.29) is 43.1 Å². The highest BCUT2D eigenvalue weighted by molar-refractivity contribution is 5.99. The lowest BCUT2D eigenvalue weighted by Crippen LogP contribution is -2.48. The number of piperidine rings is 1. The van der Waals surface area contributed by atoms with E-state index in [0.29, 0.717) is 19.4 Å². The van der Waals surface area contributed by atoms with E-state index in [9.17, 15) is 19.5 Å². The SMILES string of the molecule is C=CCOC(=O)Nc1cc(N2CCC[C@H](NC(=O)OCC3c4ccccc4-c4ccccc43)C2)c(F)cc1C(=O)O. The molecule has 10 heteroatoms. The molecule has 2 amide bonds. The van der Waals surface area contributed by atoms with Gasteiger partial charge in [0, 0.05) is 25.0 Å². The van der Waals surface area contributed by atoms with Gasteiger partial charge in [-0.2, -0.15) is 0 Å². The molecular formula is C31H30FN3O6. The molecule has 0 unspecified atom stereocenters. The highest BCUT2D eigenvalue weighted by Gasteiger charge is 2.30. The van der Waals surface area contributed by atoms with Crippen LogP contribution in [0.1, 0.15) is 40.2 Å². The van der Waals surface area contributed by atoms with Crippen LogP contribution in [0.4, 0.5) is 25.4 Å². The van der Waals surface area contributed by atoms with Gasteiger partial charge in [-0.15, -0.1) is 0 Å². The summed E-state index contributed by atoms with van der Waals surface area (Å²) in [5.74, 6) is -2.22. The summed E-state index contributed by atoms with van der Waals surface area (Å²) in [5, 5.41) is 14.8. The van der Waals surface area contributed by atoms with Crippen molar-refractivity contribution in [2.24, 2.45) is 0 Å². The highest BCUT2D eigenvalue weighted by atomic mass is 19.1. The van der Waals surface area contributed by atoms with Crippen LogP contribution in [0.5, 0.6) is 0 Å². The smallest absolute Gasteiger partial charge is 0.411 e. The van der Waals surface area contributed by atoms with Gasteiger partial charge in [-0.25, -0.2) is 18.8 Å². The van der Waals surface area contributed by atoms with Gasteiger partial charge >= 0.3 is 18.2 Å². The fourth-order valence-corrected chi connectivity index (χ4v) is 5.49. The number of hydrogen-bond acceptors (Lipinski definition) is 6. The molecular weight excluding hydrogens is 529 g/mol. The minimum Gasteiger partial charge on any atom is -0.478 e. The van der Waals surface area contributed by atoms with Crippen LogP contribution in [0.3, 0.4) is 0 Å².